The first-order valence-electron chi connectivity index (χ1n) is 7.55. The van der Waals surface area contributed by atoms with E-state index in [2.05, 4.69) is 50.4 Å². The van der Waals surface area contributed by atoms with Gasteiger partial charge in [-0.15, -0.1) is 11.8 Å². The molecule has 4 heteroatoms. The van der Waals surface area contributed by atoms with Gasteiger partial charge in [0.15, 0.2) is 0 Å². The Kier molecular flexibility index (Phi) is 5.71. The molecule has 1 heterocycles. The fourth-order valence-electron chi connectivity index (χ4n) is 2.66. The highest BCUT2D eigenvalue weighted by molar-refractivity contribution is 8.00. The second-order valence-electron chi connectivity index (χ2n) is 6.12. The Morgan fingerprint density at radius 1 is 1.33 bits per heavy atom. The summed E-state index contributed by atoms with van der Waals surface area (Å²) in [6, 6.07) is 8.71. The predicted molar refractivity (Wildman–Crippen MR) is 88.6 cm³/mol. The first-order valence-corrected chi connectivity index (χ1v) is 8.60. The van der Waals surface area contributed by atoms with Crippen LogP contribution in [0.1, 0.15) is 37.8 Å². The van der Waals surface area contributed by atoms with Crippen molar-refractivity contribution in [2.45, 2.75) is 44.5 Å². The average Bonchev–Trinajstić information content (AvgIpc) is 2.95. The van der Waals surface area contributed by atoms with Crippen molar-refractivity contribution in [3.8, 4) is 0 Å². The fraction of sp³-hybridized carbons (Fsp3) is 0.588. The molecule has 1 aromatic rings. The normalized spacial score (nSPS) is 23.3. The minimum absolute atomic E-state index is 0.163. The Morgan fingerprint density at radius 3 is 2.57 bits per heavy atom. The van der Waals surface area contributed by atoms with Gasteiger partial charge >= 0.3 is 5.97 Å². The molecular formula is C17H25NO2S. The summed E-state index contributed by atoms with van der Waals surface area (Å²) in [5, 5.41) is 3.64. The van der Waals surface area contributed by atoms with E-state index in [0.717, 1.165) is 12.2 Å². The zero-order chi connectivity index (χ0) is 15.4. The molecule has 21 heavy (non-hydrogen) atoms. The van der Waals surface area contributed by atoms with Gasteiger partial charge in [0.25, 0.3) is 0 Å². The summed E-state index contributed by atoms with van der Waals surface area (Å²) in [4.78, 5) is 11.6. The number of ether oxygens (including phenoxy) is 1. The van der Waals surface area contributed by atoms with E-state index in [1.54, 1.807) is 11.8 Å². The number of hydrogen-bond donors (Lipinski definition) is 1. The first kappa shape index (κ1) is 16.4. The van der Waals surface area contributed by atoms with Crippen LogP contribution in [0.4, 0.5) is 0 Å². The number of nitrogens with one attached hydrogen (secondary N) is 1. The van der Waals surface area contributed by atoms with Crippen molar-refractivity contribution < 1.29 is 9.53 Å². The maximum Gasteiger partial charge on any atom is 0.323 e. The van der Waals surface area contributed by atoms with Crippen LogP contribution in [0.5, 0.6) is 0 Å². The SMILES string of the molecule is COC(=O)[C@@H]1CSC(C(C)c2ccc(CC(C)C)cc2)N1. The Labute approximate surface area is 131 Å². The monoisotopic (exact) mass is 307 g/mol. The highest BCUT2D eigenvalue weighted by Gasteiger charge is 2.33. The van der Waals surface area contributed by atoms with Crippen molar-refractivity contribution in [1.82, 2.24) is 5.32 Å². The summed E-state index contributed by atoms with van der Waals surface area (Å²) in [6.07, 6.45) is 1.12. The standard InChI is InChI=1S/C17H25NO2S/c1-11(2)9-13-5-7-14(8-6-13)12(3)16-18-15(10-21-16)17(19)20-4/h5-8,11-12,15-16,18H,9-10H2,1-4H3/t12?,15-,16?/m0/s1. The summed E-state index contributed by atoms with van der Waals surface area (Å²) >= 11 is 1.80. The molecule has 1 saturated heterocycles. The highest BCUT2D eigenvalue weighted by atomic mass is 32.2. The third kappa shape index (κ3) is 4.24. The summed E-state index contributed by atoms with van der Waals surface area (Å²) in [5.41, 5.74) is 2.71. The summed E-state index contributed by atoms with van der Waals surface area (Å²) in [6.45, 7) is 6.69. The van der Waals surface area contributed by atoms with Crippen LogP contribution in [0.15, 0.2) is 24.3 Å². The van der Waals surface area contributed by atoms with Crippen LogP contribution in [0.25, 0.3) is 0 Å². The Bertz CT molecular complexity index is 472. The minimum atomic E-state index is -0.173. The lowest BCUT2D eigenvalue weighted by Gasteiger charge is -2.20. The Morgan fingerprint density at radius 2 is 2.00 bits per heavy atom. The smallest absolute Gasteiger partial charge is 0.323 e. The largest absolute Gasteiger partial charge is 0.468 e. The minimum Gasteiger partial charge on any atom is -0.468 e. The summed E-state index contributed by atoms with van der Waals surface area (Å²) < 4.78 is 4.81. The van der Waals surface area contributed by atoms with E-state index in [4.69, 9.17) is 4.74 Å². The van der Waals surface area contributed by atoms with E-state index < -0.39 is 0 Å². The molecule has 0 saturated carbocycles. The average molecular weight is 307 g/mol. The number of methoxy groups -OCH3 is 1. The van der Waals surface area contributed by atoms with Gasteiger partial charge in [-0.2, -0.15) is 0 Å². The van der Waals surface area contributed by atoms with Crippen molar-refractivity contribution in [3.63, 3.8) is 0 Å². The molecule has 1 aliphatic heterocycles. The van der Waals surface area contributed by atoms with Crippen LogP contribution < -0.4 is 5.32 Å². The number of carbonyl (C=O) groups excluding carboxylic acids is 1. The maximum absolute atomic E-state index is 11.6. The molecule has 0 spiro atoms. The lowest BCUT2D eigenvalue weighted by molar-refractivity contribution is -0.142. The molecule has 3 nitrogen and oxygen atoms in total. The number of rotatable bonds is 5. The topological polar surface area (TPSA) is 38.3 Å². The maximum atomic E-state index is 11.6. The Hall–Kier alpha value is -1.00. The van der Waals surface area contributed by atoms with Gasteiger partial charge in [-0.3, -0.25) is 10.1 Å². The second kappa shape index (κ2) is 7.32. The van der Waals surface area contributed by atoms with Crippen LogP contribution in [0.3, 0.4) is 0 Å². The van der Waals surface area contributed by atoms with Gasteiger partial charge in [-0.25, -0.2) is 0 Å². The zero-order valence-corrected chi connectivity index (χ0v) is 14.1. The van der Waals surface area contributed by atoms with Crippen LogP contribution in [0, 0.1) is 5.92 Å². The van der Waals surface area contributed by atoms with Crippen molar-refractivity contribution in [3.05, 3.63) is 35.4 Å². The van der Waals surface area contributed by atoms with Gasteiger partial charge in [0.05, 0.1) is 12.5 Å². The molecule has 0 aromatic heterocycles. The second-order valence-corrected chi connectivity index (χ2v) is 7.30. The Balaban J connectivity index is 1.97. The van der Waals surface area contributed by atoms with E-state index in [0.29, 0.717) is 11.8 Å². The van der Waals surface area contributed by atoms with Gasteiger partial charge in [0, 0.05) is 11.7 Å². The van der Waals surface area contributed by atoms with E-state index >= 15 is 0 Å². The number of hydrogen-bond acceptors (Lipinski definition) is 4. The first-order chi connectivity index (χ1) is 10.0. The summed E-state index contributed by atoms with van der Waals surface area (Å²) in [5.74, 6) is 1.68. The number of benzene rings is 1. The van der Waals surface area contributed by atoms with Crippen LogP contribution in [-0.4, -0.2) is 30.2 Å². The molecule has 1 N–H and O–H groups in total. The third-order valence-electron chi connectivity index (χ3n) is 3.90. The van der Waals surface area contributed by atoms with Crippen molar-refractivity contribution in [2.24, 2.45) is 5.92 Å². The number of esters is 1. The zero-order valence-electron chi connectivity index (χ0n) is 13.3. The number of carbonyl (C=O) groups is 1. The molecule has 2 rings (SSSR count). The third-order valence-corrected chi connectivity index (χ3v) is 5.33. The van der Waals surface area contributed by atoms with Crippen molar-refractivity contribution in [2.75, 3.05) is 12.9 Å². The van der Waals surface area contributed by atoms with Gasteiger partial charge in [-0.05, 0) is 23.5 Å². The van der Waals surface area contributed by atoms with Gasteiger partial charge < -0.3 is 4.74 Å². The van der Waals surface area contributed by atoms with E-state index in [-0.39, 0.29) is 17.4 Å². The predicted octanol–water partition coefficient (Wildman–Crippen LogP) is 3.19. The lowest BCUT2D eigenvalue weighted by atomic mass is 9.96. The van der Waals surface area contributed by atoms with Gasteiger partial charge in [0.2, 0.25) is 0 Å². The molecule has 1 aromatic carbocycles. The van der Waals surface area contributed by atoms with Crippen molar-refractivity contribution >= 4 is 17.7 Å². The quantitative estimate of drug-likeness (QED) is 0.848. The molecule has 3 atom stereocenters. The molecule has 1 aliphatic rings. The van der Waals surface area contributed by atoms with Crippen LogP contribution >= 0.6 is 11.8 Å². The lowest BCUT2D eigenvalue weighted by Crippen LogP contribution is -2.39. The molecule has 0 aliphatic carbocycles. The van der Waals surface area contributed by atoms with Crippen molar-refractivity contribution in [1.29, 1.82) is 0 Å². The molecule has 0 amide bonds. The summed E-state index contributed by atoms with van der Waals surface area (Å²) in [7, 11) is 1.44. The highest BCUT2D eigenvalue weighted by Crippen LogP contribution is 2.32. The van der Waals surface area contributed by atoms with Crippen LogP contribution in [-0.2, 0) is 16.0 Å². The molecule has 2 unspecified atom stereocenters. The molecule has 0 bridgehead atoms. The molecule has 0 radical (unpaired) electrons. The molecular weight excluding hydrogens is 282 g/mol. The van der Waals surface area contributed by atoms with Gasteiger partial charge in [0.1, 0.15) is 6.04 Å². The van der Waals surface area contributed by atoms with E-state index in [1.165, 1.54) is 18.2 Å². The fourth-order valence-corrected chi connectivity index (χ4v) is 4.00. The van der Waals surface area contributed by atoms with E-state index in [9.17, 15) is 4.79 Å². The van der Waals surface area contributed by atoms with E-state index in [1.807, 2.05) is 0 Å². The molecule has 116 valence electrons. The molecule has 1 fully saturated rings. The number of thioether (sulfide) groups is 1. The van der Waals surface area contributed by atoms with Gasteiger partial charge in [-0.1, -0.05) is 45.0 Å². The van der Waals surface area contributed by atoms with Crippen LogP contribution in [0.2, 0.25) is 0 Å².